The molecule has 0 unspecified atom stereocenters. The van der Waals surface area contributed by atoms with Crippen LogP contribution >= 0.6 is 0 Å². The zero-order valence-corrected chi connectivity index (χ0v) is 16.0. The molecule has 1 amide bonds. The molecule has 0 heterocycles. The van der Waals surface area contributed by atoms with Gasteiger partial charge in [-0.3, -0.25) is 9.52 Å². The number of carboxylic acids is 1. The summed E-state index contributed by atoms with van der Waals surface area (Å²) in [5.74, 6) is -4.57. The number of aromatic carboxylic acids is 1. The Bertz CT molecular complexity index is 1050. The molecule has 0 fully saturated rings. The molecule has 0 spiro atoms. The second-order valence-electron chi connectivity index (χ2n) is 6.95. The van der Waals surface area contributed by atoms with E-state index in [4.69, 9.17) is 5.11 Å². The highest BCUT2D eigenvalue weighted by Gasteiger charge is 2.23. The SMILES string of the molecule is CC(C)(C)C(=O)Nc1cccc(S(=O)(=O)Nc2cc(F)c(C(=O)O)cc2F)c1. The fraction of sp³-hybridized carbons (Fsp3) is 0.222. The molecule has 2 rings (SSSR count). The summed E-state index contributed by atoms with van der Waals surface area (Å²) >= 11 is 0. The van der Waals surface area contributed by atoms with Gasteiger partial charge in [-0.2, -0.15) is 0 Å². The number of rotatable bonds is 5. The summed E-state index contributed by atoms with van der Waals surface area (Å²) in [7, 11) is -4.33. The molecule has 0 aliphatic carbocycles. The van der Waals surface area contributed by atoms with Gasteiger partial charge in [-0.25, -0.2) is 22.0 Å². The lowest BCUT2D eigenvalue weighted by Crippen LogP contribution is -2.27. The van der Waals surface area contributed by atoms with Crippen molar-refractivity contribution in [2.45, 2.75) is 25.7 Å². The number of nitrogens with one attached hydrogen (secondary N) is 2. The number of carboxylic acid groups (broad SMARTS) is 1. The zero-order valence-electron chi connectivity index (χ0n) is 15.2. The van der Waals surface area contributed by atoms with Gasteiger partial charge in [0.25, 0.3) is 10.0 Å². The quantitative estimate of drug-likeness (QED) is 0.696. The number of benzene rings is 2. The standard InChI is InChI=1S/C18H18F2N2O5S/c1-18(2,3)17(25)21-10-5-4-6-11(7-10)28(26,27)22-15-9-13(19)12(16(23)24)8-14(15)20/h4-9,22H,1-3H3,(H,21,25)(H,23,24). The van der Waals surface area contributed by atoms with E-state index in [1.54, 1.807) is 20.8 Å². The van der Waals surface area contributed by atoms with Crippen molar-refractivity contribution in [2.24, 2.45) is 5.41 Å². The van der Waals surface area contributed by atoms with Crippen LogP contribution in [0, 0.1) is 17.0 Å². The third kappa shape index (κ3) is 4.83. The molecule has 7 nitrogen and oxygen atoms in total. The fourth-order valence-corrected chi connectivity index (χ4v) is 3.16. The molecule has 3 N–H and O–H groups in total. The summed E-state index contributed by atoms with van der Waals surface area (Å²) in [6.07, 6.45) is 0. The molecule has 0 aliphatic rings. The highest BCUT2D eigenvalue weighted by molar-refractivity contribution is 7.92. The first kappa shape index (κ1) is 21.3. The van der Waals surface area contributed by atoms with Crippen LogP contribution in [-0.4, -0.2) is 25.4 Å². The van der Waals surface area contributed by atoms with Gasteiger partial charge < -0.3 is 10.4 Å². The smallest absolute Gasteiger partial charge is 0.338 e. The Balaban J connectivity index is 2.34. The molecular formula is C18H18F2N2O5S. The van der Waals surface area contributed by atoms with E-state index in [-0.39, 0.29) is 16.5 Å². The summed E-state index contributed by atoms with van der Waals surface area (Å²) in [4.78, 5) is 22.5. The monoisotopic (exact) mass is 412 g/mol. The Morgan fingerprint density at radius 1 is 1.04 bits per heavy atom. The Kier molecular flexibility index (Phi) is 5.74. The van der Waals surface area contributed by atoms with Crippen molar-refractivity contribution >= 4 is 33.3 Å². The lowest BCUT2D eigenvalue weighted by atomic mass is 9.95. The molecule has 0 saturated heterocycles. The highest BCUT2D eigenvalue weighted by Crippen LogP contribution is 2.25. The first-order chi connectivity index (χ1) is 12.8. The van der Waals surface area contributed by atoms with E-state index >= 15 is 0 Å². The maximum absolute atomic E-state index is 14.0. The molecule has 0 aromatic heterocycles. The van der Waals surface area contributed by atoms with Gasteiger partial charge in [0.15, 0.2) is 0 Å². The molecule has 0 aliphatic heterocycles. The normalized spacial score (nSPS) is 11.8. The summed E-state index contributed by atoms with van der Waals surface area (Å²) < 4.78 is 54.6. The third-order valence-electron chi connectivity index (χ3n) is 3.61. The summed E-state index contributed by atoms with van der Waals surface area (Å²) in [6, 6.07) is 6.04. The molecule has 0 saturated carbocycles. The molecule has 0 radical (unpaired) electrons. The van der Waals surface area contributed by atoms with Crippen molar-refractivity contribution in [1.82, 2.24) is 0 Å². The van der Waals surface area contributed by atoms with E-state index in [2.05, 4.69) is 5.32 Å². The maximum Gasteiger partial charge on any atom is 0.338 e. The number of carbonyl (C=O) groups excluding carboxylic acids is 1. The summed E-state index contributed by atoms with van der Waals surface area (Å²) in [5.41, 5.74) is -2.17. The van der Waals surface area contributed by atoms with E-state index in [1.165, 1.54) is 18.2 Å². The summed E-state index contributed by atoms with van der Waals surface area (Å²) in [6.45, 7) is 5.05. The number of anilines is 2. The predicted octanol–water partition coefficient (Wildman–Crippen LogP) is 3.45. The molecule has 10 heteroatoms. The van der Waals surface area contributed by atoms with Gasteiger partial charge in [0, 0.05) is 17.2 Å². The number of hydrogen-bond donors (Lipinski definition) is 3. The van der Waals surface area contributed by atoms with Crippen molar-refractivity contribution in [3.8, 4) is 0 Å². The van der Waals surface area contributed by atoms with Crippen LogP contribution in [0.5, 0.6) is 0 Å². The number of amides is 1. The van der Waals surface area contributed by atoms with Gasteiger partial charge in [-0.05, 0) is 24.3 Å². The molecule has 150 valence electrons. The lowest BCUT2D eigenvalue weighted by molar-refractivity contribution is -0.123. The summed E-state index contributed by atoms with van der Waals surface area (Å²) in [5, 5.41) is 11.3. The maximum atomic E-state index is 14.0. The van der Waals surface area contributed by atoms with E-state index in [1.807, 2.05) is 4.72 Å². The number of hydrogen-bond acceptors (Lipinski definition) is 4. The minimum atomic E-state index is -4.33. The molecule has 2 aromatic carbocycles. The second-order valence-corrected chi connectivity index (χ2v) is 8.64. The van der Waals surface area contributed by atoms with Crippen LogP contribution in [0.3, 0.4) is 0 Å². The van der Waals surface area contributed by atoms with E-state index < -0.39 is 44.3 Å². The molecule has 0 atom stereocenters. The van der Waals surface area contributed by atoms with Crippen LogP contribution < -0.4 is 10.0 Å². The van der Waals surface area contributed by atoms with Crippen LogP contribution in [0.15, 0.2) is 41.3 Å². The van der Waals surface area contributed by atoms with Crippen LogP contribution in [0.4, 0.5) is 20.2 Å². The van der Waals surface area contributed by atoms with E-state index in [9.17, 15) is 26.8 Å². The van der Waals surface area contributed by atoms with Crippen molar-refractivity contribution in [2.75, 3.05) is 10.0 Å². The average molecular weight is 412 g/mol. The Labute approximate surface area is 160 Å². The Hall–Kier alpha value is -3.01. The van der Waals surface area contributed by atoms with Gasteiger partial charge >= 0.3 is 5.97 Å². The number of halogens is 2. The van der Waals surface area contributed by atoms with Gasteiger partial charge in [0.2, 0.25) is 5.91 Å². The number of sulfonamides is 1. The molecule has 28 heavy (non-hydrogen) atoms. The minimum absolute atomic E-state index is 0.204. The van der Waals surface area contributed by atoms with Crippen LogP contribution in [0.1, 0.15) is 31.1 Å². The first-order valence-corrected chi connectivity index (χ1v) is 9.46. The van der Waals surface area contributed by atoms with Crippen molar-refractivity contribution < 1.29 is 31.9 Å². The van der Waals surface area contributed by atoms with Crippen molar-refractivity contribution in [1.29, 1.82) is 0 Å². The predicted molar refractivity (Wildman–Crippen MR) is 98.7 cm³/mol. The third-order valence-corrected chi connectivity index (χ3v) is 4.98. The fourth-order valence-electron chi connectivity index (χ4n) is 2.05. The molecule has 2 aromatic rings. The second kappa shape index (κ2) is 7.55. The van der Waals surface area contributed by atoms with Gasteiger partial charge in [0.05, 0.1) is 16.1 Å². The van der Waals surface area contributed by atoms with Crippen LogP contribution in [-0.2, 0) is 14.8 Å². The van der Waals surface area contributed by atoms with Gasteiger partial charge in [-0.15, -0.1) is 0 Å². The van der Waals surface area contributed by atoms with E-state index in [0.29, 0.717) is 12.1 Å². The Morgan fingerprint density at radius 3 is 2.25 bits per heavy atom. The first-order valence-electron chi connectivity index (χ1n) is 7.98. The number of carbonyl (C=O) groups is 2. The van der Waals surface area contributed by atoms with E-state index in [0.717, 1.165) is 6.07 Å². The van der Waals surface area contributed by atoms with Crippen molar-refractivity contribution in [3.63, 3.8) is 0 Å². The van der Waals surface area contributed by atoms with Crippen molar-refractivity contribution in [3.05, 3.63) is 53.6 Å². The van der Waals surface area contributed by atoms with Crippen LogP contribution in [0.25, 0.3) is 0 Å². The lowest BCUT2D eigenvalue weighted by Gasteiger charge is -2.18. The van der Waals surface area contributed by atoms with Crippen LogP contribution in [0.2, 0.25) is 0 Å². The highest BCUT2D eigenvalue weighted by atomic mass is 32.2. The average Bonchev–Trinajstić information content (AvgIpc) is 2.56. The largest absolute Gasteiger partial charge is 0.478 e. The zero-order chi connectivity index (χ0) is 21.3. The Morgan fingerprint density at radius 2 is 1.68 bits per heavy atom. The van der Waals surface area contributed by atoms with Gasteiger partial charge in [0.1, 0.15) is 11.6 Å². The molecular weight excluding hydrogens is 394 g/mol. The topological polar surface area (TPSA) is 113 Å². The van der Waals surface area contributed by atoms with Gasteiger partial charge in [-0.1, -0.05) is 26.8 Å². The minimum Gasteiger partial charge on any atom is -0.478 e. The molecule has 0 bridgehead atoms.